The van der Waals surface area contributed by atoms with Crippen LogP contribution in [0.15, 0.2) is 0 Å². The van der Waals surface area contributed by atoms with Gasteiger partial charge in [0, 0.05) is 42.9 Å². The van der Waals surface area contributed by atoms with Crippen LogP contribution in [0.1, 0.15) is 165 Å². The lowest BCUT2D eigenvalue weighted by atomic mass is 9.56. The zero-order valence-corrected chi connectivity index (χ0v) is 42.5. The minimum absolute atomic E-state index is 0.00947. The fourth-order valence-electron chi connectivity index (χ4n) is 17.1. The average Bonchev–Trinajstić information content (AvgIpc) is 3.80. The van der Waals surface area contributed by atoms with Crippen molar-refractivity contribution in [2.45, 2.75) is 237 Å². The van der Waals surface area contributed by atoms with Gasteiger partial charge in [0.05, 0.1) is 31.7 Å². The van der Waals surface area contributed by atoms with Gasteiger partial charge < -0.3 is 37.9 Å². The van der Waals surface area contributed by atoms with E-state index in [1.54, 1.807) is 0 Å². The Hall–Kier alpha value is -1.54. The van der Waals surface area contributed by atoms with Crippen LogP contribution in [0, 0.1) is 76.9 Å². The van der Waals surface area contributed by atoms with E-state index in [0.717, 1.165) is 70.6 Å². The molecule has 16 nitrogen and oxygen atoms in total. The molecule has 16 heteroatoms. The van der Waals surface area contributed by atoms with Crippen LogP contribution in [0.3, 0.4) is 0 Å². The van der Waals surface area contributed by atoms with Gasteiger partial charge in [-0.25, -0.2) is 29.3 Å². The highest BCUT2D eigenvalue weighted by Gasteiger charge is 2.73. The zero-order chi connectivity index (χ0) is 48.0. The van der Waals surface area contributed by atoms with Crippen molar-refractivity contribution < 1.29 is 76.8 Å². The quantitative estimate of drug-likeness (QED) is 0.150. The number of ether oxygens (including phenoxy) is 8. The second kappa shape index (κ2) is 17.3. The smallest absolute Gasteiger partial charge is 0.308 e. The Balaban J connectivity index is 0.747. The van der Waals surface area contributed by atoms with Gasteiger partial charge in [0.25, 0.3) is 0 Å². The van der Waals surface area contributed by atoms with Gasteiger partial charge in [0.2, 0.25) is 23.7 Å². The third-order valence-corrected chi connectivity index (χ3v) is 21.1. The van der Waals surface area contributed by atoms with Gasteiger partial charge in [0.1, 0.15) is 0 Å². The molecule has 3 saturated carbocycles. The molecule has 0 aromatic carbocycles. The topological polar surface area (TPSA) is 163 Å². The molecule has 388 valence electrons. The number of fused-ring (bicyclic) bond motifs is 6. The van der Waals surface area contributed by atoms with Crippen molar-refractivity contribution in [3.05, 3.63) is 0 Å². The van der Waals surface area contributed by atoms with Crippen LogP contribution in [0.5, 0.6) is 0 Å². The highest BCUT2D eigenvalue weighted by molar-refractivity contribution is 5.77. The molecule has 0 aromatic rings. The van der Waals surface area contributed by atoms with Gasteiger partial charge in [-0.15, -0.1) is 0 Å². The summed E-state index contributed by atoms with van der Waals surface area (Å²) in [4.78, 5) is 64.9. The number of rotatable bonds is 10. The van der Waals surface area contributed by atoms with Crippen LogP contribution in [-0.2, 0) is 76.8 Å². The van der Waals surface area contributed by atoms with Gasteiger partial charge in [0.15, 0.2) is 35.7 Å². The van der Waals surface area contributed by atoms with E-state index in [4.69, 9.17) is 67.2 Å². The van der Waals surface area contributed by atoms with Gasteiger partial charge >= 0.3 is 11.9 Å². The predicted molar refractivity (Wildman–Crippen MR) is 239 cm³/mol. The van der Waals surface area contributed by atoms with Crippen molar-refractivity contribution in [2.24, 2.45) is 76.9 Å². The van der Waals surface area contributed by atoms with E-state index in [9.17, 15) is 9.59 Å². The number of carbonyl (C=O) groups is 2. The van der Waals surface area contributed by atoms with Crippen molar-refractivity contribution >= 4 is 11.9 Å². The summed E-state index contributed by atoms with van der Waals surface area (Å²) < 4.78 is 53.0. The predicted octanol–water partition coefficient (Wildman–Crippen LogP) is 8.96. The summed E-state index contributed by atoms with van der Waals surface area (Å²) in [6.07, 6.45) is 8.90. The van der Waals surface area contributed by atoms with E-state index in [0.29, 0.717) is 37.0 Å². The zero-order valence-electron chi connectivity index (χ0n) is 42.5. The average molecular weight is 973 g/mol. The Bertz CT molecular complexity index is 1890. The van der Waals surface area contributed by atoms with Crippen LogP contribution in [-0.4, -0.2) is 90.1 Å². The molecule has 12 saturated heterocycles. The molecule has 4 unspecified atom stereocenters. The van der Waals surface area contributed by atoms with Crippen molar-refractivity contribution in [3.63, 3.8) is 0 Å². The van der Waals surface area contributed by atoms with E-state index in [1.807, 2.05) is 27.7 Å². The Labute approximate surface area is 407 Å². The van der Waals surface area contributed by atoms with Crippen LogP contribution in [0.2, 0.25) is 0 Å². The summed E-state index contributed by atoms with van der Waals surface area (Å²) in [7, 11) is 0. The molecule has 15 rings (SSSR count). The molecule has 25 atom stereocenters. The SMILES string of the molecule is C[C@H]1[C@H](OC(=O)CCC(=O)OCC(C[C@@H]2O[C@@H]3OC4(C)CC[C@H]5[C@H](C)CC[C@@H]([C@H]2C)[C@@]35OO4)C[C@H]2O[C@@H]3OC4(C)CC[C@H]5[C@H](C)CC[C@@H]([C@H]2C)[C@@]35OO4)O[C@@H]2OC3(C)CC[C@H]4[C@H](C)CC[C@@H]1[C@@]24OO3. The molecule has 0 radical (unpaired) electrons. The Morgan fingerprint density at radius 1 is 0.478 bits per heavy atom. The molecule has 12 heterocycles. The summed E-state index contributed by atoms with van der Waals surface area (Å²) in [6, 6.07) is 0. The largest absolute Gasteiger partial charge is 0.465 e. The fourth-order valence-corrected chi connectivity index (χ4v) is 17.1. The van der Waals surface area contributed by atoms with Crippen LogP contribution >= 0.6 is 0 Å². The number of carbonyl (C=O) groups excluding carboxylic acids is 2. The first-order valence-electron chi connectivity index (χ1n) is 27.3. The minimum Gasteiger partial charge on any atom is -0.465 e. The Kier molecular flexibility index (Phi) is 12.1. The molecule has 0 amide bonds. The lowest BCUT2D eigenvalue weighted by molar-refractivity contribution is -0.576. The maximum absolute atomic E-state index is 13.8. The van der Waals surface area contributed by atoms with Crippen LogP contribution in [0.25, 0.3) is 0 Å². The number of hydrogen-bond acceptors (Lipinski definition) is 16. The van der Waals surface area contributed by atoms with E-state index < -0.39 is 71.3 Å². The van der Waals surface area contributed by atoms with E-state index in [-0.39, 0.29) is 90.8 Å². The van der Waals surface area contributed by atoms with Gasteiger partial charge in [-0.1, -0.05) is 41.5 Å². The Morgan fingerprint density at radius 3 is 1.30 bits per heavy atom. The third-order valence-electron chi connectivity index (χ3n) is 21.1. The summed E-state index contributed by atoms with van der Waals surface area (Å²) in [6.45, 7) is 19.5. The first kappa shape index (κ1) is 48.4. The molecule has 15 aliphatic rings. The maximum atomic E-state index is 13.8. The molecule has 3 spiro atoms. The van der Waals surface area contributed by atoms with Crippen molar-refractivity contribution in [1.82, 2.24) is 0 Å². The highest BCUT2D eigenvalue weighted by atomic mass is 17.3. The van der Waals surface area contributed by atoms with Gasteiger partial charge in [-0.3, -0.25) is 9.59 Å². The standard InChI is InChI=1S/C53H80O16/c1-27-10-13-37-30(4)40(57-45-51(37)34(27)18-21-48(7,61-45)64-67-51)24-33(25-41-31(5)38-14-11-28(2)35-19-22-49(8)62-46(58-41)52(35,38)68-65-49)26-56-42(54)16-17-43(55)59-44-32(6)39-15-12-29(3)36-20-23-50(9)63-47(60-44)53(36,39)69-66-50/h27-41,44-47H,10-26H2,1-9H3/t27-,28-,29-,30-,31-,32-,33?,34+,35+,36+,37+,38+,39+,40-,41+,44-,45-,46-,47-,48?,49?,50?,51-,52-,53-/m1/s1. The normalized spacial score (nSPS) is 56.1. The molecule has 3 aliphatic carbocycles. The molecule has 69 heavy (non-hydrogen) atoms. The Morgan fingerprint density at radius 2 is 0.870 bits per heavy atom. The van der Waals surface area contributed by atoms with Crippen molar-refractivity contribution in [2.75, 3.05) is 6.61 Å². The van der Waals surface area contributed by atoms with E-state index >= 15 is 0 Å². The highest BCUT2D eigenvalue weighted by Crippen LogP contribution is 2.64. The first-order valence-corrected chi connectivity index (χ1v) is 27.3. The first-order chi connectivity index (χ1) is 32.9. The molecular weight excluding hydrogens is 893 g/mol. The van der Waals surface area contributed by atoms with Crippen LogP contribution < -0.4 is 0 Å². The molecular formula is C53H80O16. The molecule has 6 bridgehead atoms. The summed E-state index contributed by atoms with van der Waals surface area (Å²) >= 11 is 0. The number of esters is 2. The molecule has 0 N–H and O–H groups in total. The summed E-state index contributed by atoms with van der Waals surface area (Å²) in [5, 5.41) is 0. The molecule has 15 fully saturated rings. The fraction of sp³-hybridized carbons (Fsp3) is 0.962. The van der Waals surface area contributed by atoms with Crippen molar-refractivity contribution in [1.29, 1.82) is 0 Å². The van der Waals surface area contributed by atoms with Gasteiger partial charge in [-0.2, -0.15) is 0 Å². The summed E-state index contributed by atoms with van der Waals surface area (Å²) in [5.74, 6) is -1.43. The monoisotopic (exact) mass is 973 g/mol. The molecule has 12 aliphatic heterocycles. The second-order valence-corrected chi connectivity index (χ2v) is 25.2. The van der Waals surface area contributed by atoms with E-state index in [1.165, 1.54) is 0 Å². The third kappa shape index (κ3) is 7.53. The van der Waals surface area contributed by atoms with Crippen molar-refractivity contribution in [3.8, 4) is 0 Å². The minimum atomic E-state index is -0.939. The maximum Gasteiger partial charge on any atom is 0.308 e. The lowest BCUT2D eigenvalue weighted by Gasteiger charge is -2.61. The number of hydrogen-bond donors (Lipinski definition) is 0. The van der Waals surface area contributed by atoms with E-state index in [2.05, 4.69) is 34.6 Å². The second-order valence-electron chi connectivity index (χ2n) is 25.2. The van der Waals surface area contributed by atoms with Crippen LogP contribution in [0.4, 0.5) is 0 Å². The molecule has 0 aromatic heterocycles. The van der Waals surface area contributed by atoms with Gasteiger partial charge in [-0.05, 0) is 145 Å². The lowest BCUT2D eigenvalue weighted by Crippen LogP contribution is -2.70. The summed E-state index contributed by atoms with van der Waals surface area (Å²) in [5.41, 5.74) is -2.12.